The van der Waals surface area contributed by atoms with Crippen LogP contribution in [0, 0.1) is 5.82 Å². The van der Waals surface area contributed by atoms with Crippen LogP contribution in [0.15, 0.2) is 91.0 Å². The third-order valence-electron chi connectivity index (χ3n) is 9.96. The van der Waals surface area contributed by atoms with Crippen molar-refractivity contribution in [2.75, 3.05) is 45.4 Å². The molecule has 1 atom stereocenters. The molecule has 1 saturated heterocycles. The number of benzene rings is 5. The molecule has 1 unspecified atom stereocenters. The minimum atomic E-state index is -0.933. The molecule has 2 heterocycles. The number of methoxy groups -OCH3 is 2. The van der Waals surface area contributed by atoms with E-state index in [1.54, 1.807) is 26.4 Å². The Morgan fingerprint density at radius 1 is 0.804 bits per heavy atom. The minimum Gasteiger partial charge on any atom is -0.497 e. The Morgan fingerprint density at radius 3 is 2.22 bits per heavy atom. The highest BCUT2D eigenvalue weighted by Gasteiger charge is 2.45. The number of hydrogen-bond donors (Lipinski definition) is 0. The monoisotopic (exact) mass is 613 g/mol. The summed E-state index contributed by atoms with van der Waals surface area (Å²) in [7, 11) is 3.36. The number of fused-ring (bicyclic) bond motifs is 8. The Morgan fingerprint density at radius 2 is 1.50 bits per heavy atom. The first-order valence-corrected chi connectivity index (χ1v) is 15.8. The number of morpholine rings is 1. The van der Waals surface area contributed by atoms with Gasteiger partial charge in [-0.25, -0.2) is 4.39 Å². The van der Waals surface area contributed by atoms with Crippen molar-refractivity contribution in [2.45, 2.75) is 24.9 Å². The number of nitrogens with zero attached hydrogens (tertiary/aromatic N) is 1. The molecule has 5 aromatic carbocycles. The van der Waals surface area contributed by atoms with Gasteiger partial charge in [0.2, 0.25) is 0 Å². The van der Waals surface area contributed by atoms with Crippen molar-refractivity contribution in [3.05, 3.63) is 125 Å². The van der Waals surface area contributed by atoms with Crippen LogP contribution in [0.1, 0.15) is 41.7 Å². The van der Waals surface area contributed by atoms with E-state index in [1.165, 1.54) is 0 Å². The highest BCUT2D eigenvalue weighted by atomic mass is 19.1. The van der Waals surface area contributed by atoms with Crippen LogP contribution in [0.5, 0.6) is 17.2 Å². The summed E-state index contributed by atoms with van der Waals surface area (Å²) in [4.78, 5) is 2.23. The van der Waals surface area contributed by atoms with Crippen molar-refractivity contribution in [3.8, 4) is 28.4 Å². The molecular weight excluding hydrogens is 577 g/mol. The van der Waals surface area contributed by atoms with Crippen LogP contribution in [0.25, 0.3) is 28.0 Å². The van der Waals surface area contributed by atoms with Gasteiger partial charge in [-0.05, 0) is 70.1 Å². The first-order chi connectivity index (χ1) is 22.4. The lowest BCUT2D eigenvalue weighted by atomic mass is 9.76. The maximum Gasteiger partial charge on any atom is 0.178 e. The lowest BCUT2D eigenvalue weighted by molar-refractivity contribution is 0.122. The van der Waals surface area contributed by atoms with Crippen molar-refractivity contribution in [3.63, 3.8) is 0 Å². The van der Waals surface area contributed by atoms with Crippen LogP contribution in [0.2, 0.25) is 0 Å². The molecule has 0 saturated carbocycles. The summed E-state index contributed by atoms with van der Waals surface area (Å²) in [6.07, 6.45) is 4.40. The van der Waals surface area contributed by atoms with Gasteiger partial charge in [-0.2, -0.15) is 0 Å². The summed E-state index contributed by atoms with van der Waals surface area (Å²) < 4.78 is 40.2. The number of halogens is 1. The zero-order chi connectivity index (χ0) is 31.6. The molecule has 1 fully saturated rings. The summed E-state index contributed by atoms with van der Waals surface area (Å²) in [5.41, 5.74) is 6.90. The van der Waals surface area contributed by atoms with Gasteiger partial charge in [-0.3, -0.25) is 0 Å². The summed E-state index contributed by atoms with van der Waals surface area (Å²) in [6.45, 7) is 6.98. The molecular formula is C40H36FNO4. The van der Waals surface area contributed by atoms with E-state index in [1.807, 2.05) is 36.4 Å². The van der Waals surface area contributed by atoms with Crippen LogP contribution in [0.3, 0.4) is 0 Å². The van der Waals surface area contributed by atoms with Crippen molar-refractivity contribution in [2.24, 2.45) is 0 Å². The molecule has 0 spiro atoms. The molecule has 5 aromatic rings. The first kappa shape index (κ1) is 28.6. The molecule has 232 valence electrons. The second kappa shape index (κ2) is 10.6. The molecule has 5 nitrogen and oxygen atoms in total. The minimum absolute atomic E-state index is 0.272. The van der Waals surface area contributed by atoms with Gasteiger partial charge in [0, 0.05) is 40.6 Å². The third kappa shape index (κ3) is 4.16. The average molecular weight is 614 g/mol. The number of hydrogen-bond acceptors (Lipinski definition) is 5. The second-order valence-electron chi connectivity index (χ2n) is 12.7. The Hall–Kier alpha value is -4.81. The van der Waals surface area contributed by atoms with Crippen molar-refractivity contribution >= 4 is 22.5 Å². The van der Waals surface area contributed by atoms with E-state index in [4.69, 9.17) is 18.9 Å². The molecule has 6 heteroatoms. The van der Waals surface area contributed by atoms with Gasteiger partial charge in [0.25, 0.3) is 0 Å². The fourth-order valence-corrected chi connectivity index (χ4v) is 7.71. The number of rotatable bonds is 5. The normalized spacial score (nSPS) is 19.3. The summed E-state index contributed by atoms with van der Waals surface area (Å²) >= 11 is 0. The molecule has 8 rings (SSSR count). The van der Waals surface area contributed by atoms with E-state index in [9.17, 15) is 0 Å². The van der Waals surface area contributed by atoms with E-state index in [0.29, 0.717) is 26.3 Å². The standard InChI is InChI=1S/C40H36FNO4/c1-39(2)33-24-29(44-4)14-15-30(33)35-32-22-27(41)23-34(42-18-20-45-21-19-42)36(32)38-31(37(35)39)16-17-40(46-38,25-8-6-5-7-9-25)26-10-12-28(43-3)13-11-26/h5-17,22-24H,18-21H2,1-4H3. The fraction of sp³-hybridized carbons (Fsp3) is 0.250. The predicted octanol–water partition coefficient (Wildman–Crippen LogP) is 8.49. The van der Waals surface area contributed by atoms with Crippen LogP contribution in [-0.2, 0) is 15.8 Å². The molecule has 2 aliphatic heterocycles. The van der Waals surface area contributed by atoms with Crippen LogP contribution < -0.4 is 19.1 Å². The van der Waals surface area contributed by atoms with E-state index in [-0.39, 0.29) is 5.82 Å². The maximum atomic E-state index is 15.8. The zero-order valence-electron chi connectivity index (χ0n) is 26.5. The molecule has 0 radical (unpaired) electrons. The molecule has 0 N–H and O–H groups in total. The highest BCUT2D eigenvalue weighted by Crippen LogP contribution is 2.60. The van der Waals surface area contributed by atoms with E-state index < -0.39 is 11.0 Å². The third-order valence-corrected chi connectivity index (χ3v) is 9.96. The Bertz CT molecular complexity index is 2010. The van der Waals surface area contributed by atoms with Crippen LogP contribution in [-0.4, -0.2) is 40.5 Å². The Kier molecular flexibility index (Phi) is 6.62. The van der Waals surface area contributed by atoms with Gasteiger partial charge < -0.3 is 23.8 Å². The summed E-state index contributed by atoms with van der Waals surface area (Å²) in [5, 5.41) is 1.76. The Balaban J connectivity index is 1.48. The molecule has 0 aromatic heterocycles. The van der Waals surface area contributed by atoms with E-state index in [2.05, 4.69) is 67.3 Å². The SMILES string of the molecule is COc1ccc(C2(c3ccccc3)C=Cc3c4c(c5cc(F)cc(N6CCOCC6)c5c3O2)-c2ccc(OC)cc2C4(C)C)cc1. The van der Waals surface area contributed by atoms with Gasteiger partial charge in [0.05, 0.1) is 33.1 Å². The largest absolute Gasteiger partial charge is 0.497 e. The summed E-state index contributed by atoms with van der Waals surface area (Å²) in [6, 6.07) is 27.9. The second-order valence-corrected chi connectivity index (χ2v) is 12.7. The van der Waals surface area contributed by atoms with Crippen molar-refractivity contribution in [1.82, 2.24) is 0 Å². The van der Waals surface area contributed by atoms with E-state index >= 15 is 4.39 Å². The van der Waals surface area contributed by atoms with Crippen molar-refractivity contribution < 1.29 is 23.3 Å². The van der Waals surface area contributed by atoms with Crippen LogP contribution >= 0.6 is 0 Å². The van der Waals surface area contributed by atoms with E-state index in [0.717, 1.165) is 72.7 Å². The van der Waals surface area contributed by atoms with Crippen molar-refractivity contribution in [1.29, 1.82) is 0 Å². The smallest absolute Gasteiger partial charge is 0.178 e. The molecule has 1 aliphatic carbocycles. The van der Waals surface area contributed by atoms with Gasteiger partial charge in [0.1, 0.15) is 23.1 Å². The fourth-order valence-electron chi connectivity index (χ4n) is 7.71. The number of anilines is 1. The maximum absolute atomic E-state index is 15.8. The molecule has 46 heavy (non-hydrogen) atoms. The van der Waals surface area contributed by atoms with Crippen LogP contribution in [0.4, 0.5) is 10.1 Å². The summed E-state index contributed by atoms with van der Waals surface area (Å²) in [5.74, 6) is 2.06. The average Bonchev–Trinajstić information content (AvgIpc) is 3.34. The van der Waals surface area contributed by atoms with Gasteiger partial charge >= 0.3 is 0 Å². The molecule has 3 aliphatic rings. The first-order valence-electron chi connectivity index (χ1n) is 15.8. The lowest BCUT2D eigenvalue weighted by Gasteiger charge is -2.39. The van der Waals surface area contributed by atoms with Gasteiger partial charge in [-0.15, -0.1) is 0 Å². The highest BCUT2D eigenvalue weighted by molar-refractivity contribution is 6.13. The lowest BCUT2D eigenvalue weighted by Crippen LogP contribution is -2.37. The molecule has 0 bridgehead atoms. The predicted molar refractivity (Wildman–Crippen MR) is 181 cm³/mol. The Labute approximate surface area is 268 Å². The topological polar surface area (TPSA) is 40.2 Å². The molecule has 0 amide bonds. The quantitative estimate of drug-likeness (QED) is 0.199. The zero-order valence-corrected chi connectivity index (χ0v) is 26.5. The van der Waals surface area contributed by atoms with Gasteiger partial charge in [-0.1, -0.05) is 68.5 Å². The number of ether oxygens (including phenoxy) is 4. The van der Waals surface area contributed by atoms with Gasteiger partial charge in [0.15, 0.2) is 5.60 Å².